The lowest BCUT2D eigenvalue weighted by Gasteiger charge is -2.16. The average molecular weight is 356 g/mol. The molecule has 1 aromatic carbocycles. The number of imide groups is 2. The lowest BCUT2D eigenvalue weighted by atomic mass is 9.95. The Morgan fingerprint density at radius 2 is 1.65 bits per heavy atom. The molecule has 1 fully saturated rings. The van der Waals surface area contributed by atoms with E-state index in [1.54, 1.807) is 13.0 Å². The number of carbonyl (C=O) groups excluding carboxylic acids is 3. The minimum atomic E-state index is -0.880. The molecule has 0 bridgehead atoms. The van der Waals surface area contributed by atoms with E-state index in [0.29, 0.717) is 16.5 Å². The van der Waals surface area contributed by atoms with Gasteiger partial charge in [-0.1, -0.05) is 13.8 Å². The van der Waals surface area contributed by atoms with Crippen LogP contribution in [0.4, 0.5) is 4.79 Å². The fourth-order valence-electron chi connectivity index (χ4n) is 3.28. The molecule has 2 heterocycles. The number of hydrogen-bond donors (Lipinski definition) is 0. The van der Waals surface area contributed by atoms with Crippen LogP contribution >= 0.6 is 0 Å². The van der Waals surface area contributed by atoms with E-state index in [9.17, 15) is 19.2 Å². The lowest BCUT2D eigenvalue weighted by Crippen LogP contribution is -2.33. The highest BCUT2D eigenvalue weighted by molar-refractivity contribution is 6.44. The van der Waals surface area contributed by atoms with Crippen molar-refractivity contribution in [2.75, 3.05) is 6.54 Å². The number of benzene rings is 1. The quantitative estimate of drug-likeness (QED) is 0.477. The van der Waals surface area contributed by atoms with Gasteiger partial charge in [-0.2, -0.15) is 0 Å². The predicted octanol–water partition coefficient (Wildman–Crippen LogP) is 2.54. The summed E-state index contributed by atoms with van der Waals surface area (Å²) in [6.45, 7) is 7.64. The van der Waals surface area contributed by atoms with Gasteiger partial charge in [-0.15, -0.1) is 0 Å². The van der Waals surface area contributed by atoms with Gasteiger partial charge in [-0.25, -0.2) is 9.59 Å². The zero-order valence-corrected chi connectivity index (χ0v) is 15.2. The number of fused-ring (bicyclic) bond motifs is 1. The van der Waals surface area contributed by atoms with Gasteiger partial charge in [0.05, 0.1) is 6.54 Å². The van der Waals surface area contributed by atoms with E-state index >= 15 is 0 Å². The summed E-state index contributed by atoms with van der Waals surface area (Å²) < 4.78 is 5.28. The molecule has 26 heavy (non-hydrogen) atoms. The van der Waals surface area contributed by atoms with Crippen LogP contribution in [0.25, 0.3) is 11.0 Å². The summed E-state index contributed by atoms with van der Waals surface area (Å²) in [4.78, 5) is 50.1. The summed E-state index contributed by atoms with van der Waals surface area (Å²) in [6.07, 6.45) is 0. The number of carbonyl (C=O) groups is 3. The van der Waals surface area contributed by atoms with Crippen molar-refractivity contribution in [3.8, 4) is 0 Å². The third kappa shape index (κ3) is 2.79. The Kier molecular flexibility index (Phi) is 4.39. The molecular weight excluding hydrogens is 336 g/mol. The van der Waals surface area contributed by atoms with Crippen LogP contribution in [0.2, 0.25) is 0 Å². The summed E-state index contributed by atoms with van der Waals surface area (Å²) in [5.74, 6) is -1.47. The number of amides is 4. The van der Waals surface area contributed by atoms with Gasteiger partial charge in [0.2, 0.25) is 0 Å². The second-order valence-electron chi connectivity index (χ2n) is 6.67. The van der Waals surface area contributed by atoms with Crippen molar-refractivity contribution >= 4 is 28.8 Å². The van der Waals surface area contributed by atoms with Crippen LogP contribution < -0.4 is 5.63 Å². The third-order valence-electron chi connectivity index (χ3n) is 4.62. The van der Waals surface area contributed by atoms with Crippen molar-refractivity contribution in [2.45, 2.75) is 40.2 Å². The molecule has 136 valence electrons. The molecule has 0 spiro atoms. The summed E-state index contributed by atoms with van der Waals surface area (Å²) in [6, 6.07) is 4.30. The van der Waals surface area contributed by atoms with Crippen LogP contribution in [0.3, 0.4) is 0 Å². The highest BCUT2D eigenvalue weighted by atomic mass is 16.4. The molecule has 7 nitrogen and oxygen atoms in total. The molecule has 0 atom stereocenters. The first-order chi connectivity index (χ1) is 12.2. The van der Waals surface area contributed by atoms with Gasteiger partial charge in [-0.3, -0.25) is 19.4 Å². The van der Waals surface area contributed by atoms with Crippen molar-refractivity contribution in [1.29, 1.82) is 0 Å². The van der Waals surface area contributed by atoms with Crippen LogP contribution in [0.5, 0.6) is 0 Å². The Hall–Kier alpha value is -2.96. The van der Waals surface area contributed by atoms with Gasteiger partial charge in [0.25, 0.3) is 0 Å². The Bertz CT molecular complexity index is 989. The summed E-state index contributed by atoms with van der Waals surface area (Å²) >= 11 is 0. The van der Waals surface area contributed by atoms with Gasteiger partial charge in [0.15, 0.2) is 0 Å². The zero-order chi connectivity index (χ0) is 19.2. The standard InChI is InChI=1S/C19H20N2O5/c1-5-20-17(23)18(24)21(19(20)25)9-12-7-16(22)26-15-6-11(4)13(10(2)3)8-14(12)15/h6-8,10H,5,9H2,1-4H3. The van der Waals surface area contributed by atoms with E-state index in [1.807, 2.05) is 13.0 Å². The highest BCUT2D eigenvalue weighted by Gasteiger charge is 2.43. The summed E-state index contributed by atoms with van der Waals surface area (Å²) in [5, 5.41) is 0.655. The summed E-state index contributed by atoms with van der Waals surface area (Å²) in [5.41, 5.74) is 2.38. The molecule has 1 aliphatic heterocycles. The fraction of sp³-hybridized carbons (Fsp3) is 0.368. The van der Waals surface area contributed by atoms with Crippen LogP contribution in [-0.2, 0) is 16.1 Å². The van der Waals surface area contributed by atoms with Gasteiger partial charge in [0.1, 0.15) is 5.58 Å². The van der Waals surface area contributed by atoms with Gasteiger partial charge < -0.3 is 4.42 Å². The maximum Gasteiger partial charge on any atom is 0.336 e. The Balaban J connectivity index is 2.12. The van der Waals surface area contributed by atoms with E-state index in [4.69, 9.17) is 4.42 Å². The molecule has 2 aromatic rings. The number of hydrogen-bond acceptors (Lipinski definition) is 5. The Morgan fingerprint density at radius 1 is 1.00 bits per heavy atom. The van der Waals surface area contributed by atoms with Gasteiger partial charge in [0, 0.05) is 18.0 Å². The summed E-state index contributed by atoms with van der Waals surface area (Å²) in [7, 11) is 0. The highest BCUT2D eigenvalue weighted by Crippen LogP contribution is 2.28. The van der Waals surface area contributed by atoms with Gasteiger partial charge >= 0.3 is 23.5 Å². The third-order valence-corrected chi connectivity index (χ3v) is 4.62. The largest absolute Gasteiger partial charge is 0.423 e. The van der Waals surface area contributed by atoms with Crippen molar-refractivity contribution in [1.82, 2.24) is 9.80 Å². The number of nitrogens with zero attached hydrogens (tertiary/aromatic N) is 2. The van der Waals surface area contributed by atoms with E-state index in [2.05, 4.69) is 13.8 Å². The first kappa shape index (κ1) is 17.8. The van der Waals surface area contributed by atoms with E-state index in [-0.39, 0.29) is 19.0 Å². The molecule has 0 radical (unpaired) electrons. The predicted molar refractivity (Wildman–Crippen MR) is 94.6 cm³/mol. The maximum atomic E-state index is 12.3. The zero-order valence-electron chi connectivity index (χ0n) is 15.2. The fourth-order valence-corrected chi connectivity index (χ4v) is 3.28. The van der Waals surface area contributed by atoms with Crippen molar-refractivity contribution in [3.05, 3.63) is 45.3 Å². The lowest BCUT2D eigenvalue weighted by molar-refractivity contribution is -0.143. The molecule has 7 heteroatoms. The molecule has 0 unspecified atom stereocenters. The Labute approximate surface area is 150 Å². The number of likely N-dealkylation sites (N-methyl/N-ethyl adjacent to an activating group) is 1. The number of rotatable bonds is 4. The molecule has 0 saturated carbocycles. The van der Waals surface area contributed by atoms with Crippen LogP contribution in [0, 0.1) is 6.92 Å². The van der Waals surface area contributed by atoms with Crippen molar-refractivity contribution < 1.29 is 18.8 Å². The molecule has 0 N–H and O–H groups in total. The molecular formula is C19H20N2O5. The second kappa shape index (κ2) is 6.40. The smallest absolute Gasteiger partial charge is 0.336 e. The molecule has 1 saturated heterocycles. The second-order valence-corrected chi connectivity index (χ2v) is 6.67. The number of urea groups is 1. The monoisotopic (exact) mass is 356 g/mol. The van der Waals surface area contributed by atoms with Crippen LogP contribution in [0.15, 0.2) is 27.4 Å². The average Bonchev–Trinajstić information content (AvgIpc) is 2.77. The minimum Gasteiger partial charge on any atom is -0.423 e. The molecule has 4 amide bonds. The molecule has 1 aliphatic rings. The van der Waals surface area contributed by atoms with Crippen molar-refractivity contribution in [2.24, 2.45) is 0 Å². The topological polar surface area (TPSA) is 87.9 Å². The molecule has 0 aliphatic carbocycles. The Morgan fingerprint density at radius 3 is 2.23 bits per heavy atom. The maximum absolute atomic E-state index is 12.3. The van der Waals surface area contributed by atoms with Gasteiger partial charge in [-0.05, 0) is 48.6 Å². The first-order valence-corrected chi connectivity index (χ1v) is 8.49. The SMILES string of the molecule is CCN1C(=O)C(=O)N(Cc2cc(=O)oc3cc(C)c(C(C)C)cc23)C1=O. The molecule has 1 aromatic heterocycles. The molecule has 3 rings (SSSR count). The first-order valence-electron chi connectivity index (χ1n) is 8.49. The van der Waals surface area contributed by atoms with Crippen LogP contribution in [-0.4, -0.2) is 34.2 Å². The van der Waals surface area contributed by atoms with E-state index in [0.717, 1.165) is 20.9 Å². The van der Waals surface area contributed by atoms with Crippen molar-refractivity contribution in [3.63, 3.8) is 0 Å². The normalized spacial score (nSPS) is 15.0. The number of aryl methyl sites for hydroxylation is 1. The van der Waals surface area contributed by atoms with Crippen LogP contribution in [0.1, 0.15) is 43.4 Å². The van der Waals surface area contributed by atoms with E-state index in [1.165, 1.54) is 6.07 Å². The van der Waals surface area contributed by atoms with E-state index < -0.39 is 23.5 Å². The minimum absolute atomic E-state index is 0.119.